The summed E-state index contributed by atoms with van der Waals surface area (Å²) in [5.74, 6) is 0. The average molecular weight is 298 g/mol. The molecule has 0 unspecified atom stereocenters. The van der Waals surface area contributed by atoms with Crippen LogP contribution in [0.1, 0.15) is 0 Å². The molecule has 0 aromatic carbocycles. The zero-order valence-corrected chi connectivity index (χ0v) is 9.77. The summed E-state index contributed by atoms with van der Waals surface area (Å²) in [5, 5.41) is 56.2. The summed E-state index contributed by atoms with van der Waals surface area (Å²) in [6.07, 6.45) is 0. The summed E-state index contributed by atoms with van der Waals surface area (Å²) < 4.78 is 0. The van der Waals surface area contributed by atoms with Crippen molar-refractivity contribution in [3.63, 3.8) is 0 Å². The van der Waals surface area contributed by atoms with Gasteiger partial charge in [-0.05, 0) is 0 Å². The van der Waals surface area contributed by atoms with Crippen molar-refractivity contribution < 1.29 is 17.1 Å². The molecule has 9 nitrogen and oxygen atoms in total. The van der Waals surface area contributed by atoms with E-state index < -0.39 is 0 Å². The van der Waals surface area contributed by atoms with E-state index in [1.165, 1.54) is 0 Å². The fourth-order valence-electron chi connectivity index (χ4n) is 0. The Morgan fingerprint density at radius 3 is 0.211 bits per heavy atom. The molecular weight excluding hydrogens is 298 g/mol. The summed E-state index contributed by atoms with van der Waals surface area (Å²) in [5.41, 5.74) is 0. The Morgan fingerprint density at radius 1 is 0.211 bits per heavy atom. The van der Waals surface area contributed by atoms with Crippen molar-refractivity contribution in [3.8, 4) is 0 Å². The van der Waals surface area contributed by atoms with Gasteiger partial charge < -0.3 is 107 Å². The Labute approximate surface area is 124 Å². The molecule has 0 aromatic heterocycles. The molecule has 19 heavy (non-hydrogen) atoms. The van der Waals surface area contributed by atoms with Crippen LogP contribution in [0.5, 0.6) is 0 Å². The van der Waals surface area contributed by atoms with Gasteiger partial charge in [0.2, 0.25) is 0 Å². The Kier molecular flexibility index (Phi) is 882. The van der Waals surface area contributed by atoms with E-state index in [0.29, 0.717) is 0 Å². The van der Waals surface area contributed by atoms with Crippen LogP contribution in [0.3, 0.4) is 0 Å². The van der Waals surface area contributed by atoms with Gasteiger partial charge in [0, 0.05) is 17.1 Å². The molecule has 0 fully saturated rings. The Hall–Kier alpha value is -4.07. The molecule has 0 saturated carbocycles. The third-order valence-corrected chi connectivity index (χ3v) is 0. The number of hydrogen-bond donors (Lipinski definition) is 0. The van der Waals surface area contributed by atoms with E-state index in [1.807, 2.05) is 0 Å². The number of hydrogen-bond acceptors (Lipinski definition) is 9. The third-order valence-electron chi connectivity index (χ3n) is 0. The number of rotatable bonds is 0. The van der Waals surface area contributed by atoms with E-state index >= 15 is 0 Å². The standard InChI is InChI=1S/9CN.Cu/c9*1-2;/q9*-1;. The quantitative estimate of drug-likeness (QED) is 0.456. The van der Waals surface area contributed by atoms with Crippen LogP contribution in [-0.4, -0.2) is 0 Å². The van der Waals surface area contributed by atoms with Crippen LogP contribution in [-0.2, 0) is 17.1 Å². The molecule has 0 heterocycles. The predicted molar refractivity (Wildman–Crippen MR) is 44.7 cm³/mol. The smallest absolute Gasteiger partial charge is 0 e. The second kappa shape index (κ2) is 141. The summed E-state index contributed by atoms with van der Waals surface area (Å²) in [7, 11) is 0. The van der Waals surface area contributed by atoms with Crippen molar-refractivity contribution in [2.24, 2.45) is 0 Å². The van der Waals surface area contributed by atoms with Gasteiger partial charge in [0.15, 0.2) is 0 Å². The van der Waals surface area contributed by atoms with E-state index in [1.54, 1.807) is 0 Å². The fourth-order valence-corrected chi connectivity index (χ4v) is 0. The maximum absolute atomic E-state index is 6.25. The van der Waals surface area contributed by atoms with Crippen molar-refractivity contribution in [2.75, 3.05) is 0 Å². The Morgan fingerprint density at radius 2 is 0.211 bits per heavy atom. The minimum atomic E-state index is 0. The van der Waals surface area contributed by atoms with Gasteiger partial charge in [-0.15, -0.1) is 0 Å². The van der Waals surface area contributed by atoms with Gasteiger partial charge >= 0.3 is 0 Å². The van der Waals surface area contributed by atoms with Gasteiger partial charge in [-0.25, -0.2) is 0 Å². The molecule has 1 radical (unpaired) electrons. The van der Waals surface area contributed by atoms with E-state index in [4.69, 9.17) is 107 Å². The van der Waals surface area contributed by atoms with Crippen LogP contribution in [0.2, 0.25) is 0 Å². The summed E-state index contributed by atoms with van der Waals surface area (Å²) >= 11 is 0. The molecule has 0 N–H and O–H groups in total. The van der Waals surface area contributed by atoms with Crippen molar-refractivity contribution in [2.45, 2.75) is 0 Å². The van der Waals surface area contributed by atoms with Crippen LogP contribution in [0.15, 0.2) is 0 Å². The topological polar surface area (TPSA) is 214 Å². The molecule has 0 aliphatic heterocycles. The first kappa shape index (κ1) is 119. The fraction of sp³-hybridized carbons (Fsp3) is 0. The van der Waals surface area contributed by atoms with Gasteiger partial charge in [0.25, 0.3) is 0 Å². The minimum absolute atomic E-state index is 0. The Balaban J connectivity index is -0.00000000596. The first-order chi connectivity index (χ1) is 9.00. The molecule has 0 rings (SSSR count). The third kappa shape index (κ3) is 120. The second-order valence-corrected chi connectivity index (χ2v) is 0. The van der Waals surface area contributed by atoms with Crippen molar-refractivity contribution in [3.05, 3.63) is 59.1 Å². The molecule has 0 saturated heterocycles. The molecule has 0 spiro atoms. The predicted octanol–water partition coefficient (Wildman–Crippen LogP) is 0.865. The molecule has 0 amide bonds. The largest absolute Gasteiger partial charge is 0.512 e. The summed E-state index contributed by atoms with van der Waals surface area (Å²) in [4.78, 5) is 0. The van der Waals surface area contributed by atoms with E-state index in [9.17, 15) is 0 Å². The van der Waals surface area contributed by atoms with E-state index in [0.717, 1.165) is 0 Å². The average Bonchev–Trinajstić information content (AvgIpc) is 2.63. The SMILES string of the molecule is [C-]#N.[C-]#N.[C-]#N.[C-]#N.[C-]#N.[C-]#N.[C-]#N.[C-]#N.[C-]#N.[Cu]. The summed E-state index contributed by atoms with van der Waals surface area (Å²) in [6.45, 7) is 42.8. The van der Waals surface area contributed by atoms with Gasteiger partial charge in [0.05, 0.1) is 0 Å². The molecule has 0 atom stereocenters. The Bertz CT molecular complexity index is 152. The van der Waals surface area contributed by atoms with E-state index in [2.05, 4.69) is 0 Å². The zero-order valence-electron chi connectivity index (χ0n) is 8.83. The maximum atomic E-state index is 6.25. The molecule has 0 aliphatic rings. The van der Waals surface area contributed by atoms with Crippen LogP contribution >= 0.6 is 0 Å². The van der Waals surface area contributed by atoms with Crippen molar-refractivity contribution in [1.29, 1.82) is 47.4 Å². The van der Waals surface area contributed by atoms with Gasteiger partial charge in [-0.1, -0.05) is 0 Å². The molecule has 10 heteroatoms. The monoisotopic (exact) mass is 297 g/mol. The van der Waals surface area contributed by atoms with Crippen LogP contribution in [0, 0.1) is 107 Å². The van der Waals surface area contributed by atoms with Crippen molar-refractivity contribution in [1.82, 2.24) is 0 Å². The van der Waals surface area contributed by atoms with Gasteiger partial charge in [-0.3, -0.25) is 0 Å². The minimum Gasteiger partial charge on any atom is -0.512 e. The van der Waals surface area contributed by atoms with E-state index in [-0.39, 0.29) is 17.1 Å². The number of nitrogens with zero attached hydrogens (tertiary/aromatic N) is 9. The van der Waals surface area contributed by atoms with Crippen molar-refractivity contribution >= 4 is 0 Å². The van der Waals surface area contributed by atoms with Gasteiger partial charge in [0.1, 0.15) is 0 Å². The molecule has 0 bridgehead atoms. The molecular formula is C9CuN9-9. The first-order valence-electron chi connectivity index (χ1n) is 2.01. The first-order valence-corrected chi connectivity index (χ1v) is 2.01. The molecule has 101 valence electrons. The zero-order chi connectivity index (χ0) is 18.0. The normalized spacial score (nSPS) is 0.947. The van der Waals surface area contributed by atoms with Crippen LogP contribution < -0.4 is 0 Å². The maximum Gasteiger partial charge on any atom is 0 e. The molecule has 0 aromatic rings. The van der Waals surface area contributed by atoms with Crippen LogP contribution in [0.4, 0.5) is 0 Å². The second-order valence-electron chi connectivity index (χ2n) is 0. The summed E-state index contributed by atoms with van der Waals surface area (Å²) in [6, 6.07) is 0. The molecule has 0 aliphatic carbocycles. The van der Waals surface area contributed by atoms with Crippen LogP contribution in [0.25, 0.3) is 0 Å². The van der Waals surface area contributed by atoms with Gasteiger partial charge in [-0.2, -0.15) is 0 Å².